The molecule has 7 nitrogen and oxygen atoms in total. The third kappa shape index (κ3) is 5.20. The van der Waals surface area contributed by atoms with E-state index in [4.69, 9.17) is 15.0 Å². The van der Waals surface area contributed by atoms with Crippen molar-refractivity contribution in [3.63, 3.8) is 0 Å². The van der Waals surface area contributed by atoms with Crippen LogP contribution in [0.4, 0.5) is 11.5 Å². The Morgan fingerprint density at radius 2 is 1.86 bits per heavy atom. The quantitative estimate of drug-likeness (QED) is 0.653. The Kier molecular flexibility index (Phi) is 6.97. The fraction of sp³-hybridized carbons (Fsp3) is 0.318. The number of carbonyl (C=O) groups is 1. The van der Waals surface area contributed by atoms with Crippen molar-refractivity contribution in [1.29, 1.82) is 0 Å². The van der Waals surface area contributed by atoms with E-state index in [0.29, 0.717) is 6.04 Å². The molecule has 1 fully saturated rings. The first-order valence-electron chi connectivity index (χ1n) is 9.71. The minimum atomic E-state index is -0.250. The highest BCUT2D eigenvalue weighted by Crippen LogP contribution is 2.32. The lowest BCUT2D eigenvalue weighted by Crippen LogP contribution is -2.31. The van der Waals surface area contributed by atoms with Gasteiger partial charge < -0.3 is 15.3 Å². The van der Waals surface area contributed by atoms with Crippen LogP contribution >= 0.6 is 0 Å². The number of nitrogens with zero attached hydrogens (tertiary/aromatic N) is 4. The summed E-state index contributed by atoms with van der Waals surface area (Å²) in [5.41, 5.74) is 4.47. The second kappa shape index (κ2) is 9.84. The lowest BCUT2D eigenvalue weighted by Gasteiger charge is -2.28. The molecule has 0 bridgehead atoms. The molecule has 1 aliphatic heterocycles. The van der Waals surface area contributed by atoms with Crippen molar-refractivity contribution in [3.05, 3.63) is 60.6 Å². The summed E-state index contributed by atoms with van der Waals surface area (Å²) in [6.07, 6.45) is 8.14. The summed E-state index contributed by atoms with van der Waals surface area (Å²) in [6.45, 7) is 4.07. The summed E-state index contributed by atoms with van der Waals surface area (Å²) in [5, 5.41) is 15.3. The molecule has 1 aliphatic rings. The monoisotopic (exact) mass is 393 g/mol. The first-order chi connectivity index (χ1) is 14.1. The Morgan fingerprint density at radius 1 is 1.17 bits per heavy atom. The molecule has 0 amide bonds. The summed E-state index contributed by atoms with van der Waals surface area (Å²) >= 11 is 0. The molecule has 2 N–H and O–H groups in total. The normalized spacial score (nSPS) is 14.7. The number of anilines is 2. The molecule has 0 spiro atoms. The third-order valence-corrected chi connectivity index (χ3v) is 5.17. The SMILES string of the molecule is Cc1ccncc1Nc1nn(C2CCN(C)CC2)cc1-c1ccccc1.O=CO. The number of hydrogen-bond acceptors (Lipinski definition) is 5. The van der Waals surface area contributed by atoms with E-state index in [0.717, 1.165) is 48.6 Å². The van der Waals surface area contributed by atoms with Gasteiger partial charge in [-0.3, -0.25) is 14.5 Å². The molecule has 0 saturated carbocycles. The van der Waals surface area contributed by atoms with E-state index in [1.54, 1.807) is 0 Å². The number of rotatable bonds is 4. The van der Waals surface area contributed by atoms with E-state index in [-0.39, 0.29) is 6.47 Å². The van der Waals surface area contributed by atoms with Crippen LogP contribution in [0.15, 0.2) is 55.0 Å². The van der Waals surface area contributed by atoms with Crippen LogP contribution in [0, 0.1) is 6.92 Å². The molecule has 0 aliphatic carbocycles. The van der Waals surface area contributed by atoms with E-state index in [1.165, 1.54) is 5.56 Å². The van der Waals surface area contributed by atoms with Gasteiger partial charge in [0.2, 0.25) is 0 Å². The number of likely N-dealkylation sites (tertiary alicyclic amines) is 1. The number of aryl methyl sites for hydroxylation is 1. The zero-order valence-electron chi connectivity index (χ0n) is 16.8. The second-order valence-electron chi connectivity index (χ2n) is 7.19. The predicted octanol–water partition coefficient (Wildman–Crippen LogP) is 3.96. The maximum Gasteiger partial charge on any atom is 0.290 e. The summed E-state index contributed by atoms with van der Waals surface area (Å²) in [7, 11) is 2.19. The van der Waals surface area contributed by atoms with Gasteiger partial charge in [-0.1, -0.05) is 30.3 Å². The van der Waals surface area contributed by atoms with Gasteiger partial charge in [-0.15, -0.1) is 0 Å². The molecule has 2 aromatic heterocycles. The van der Waals surface area contributed by atoms with Crippen LogP contribution in [0.1, 0.15) is 24.4 Å². The van der Waals surface area contributed by atoms with Crippen molar-refractivity contribution in [2.24, 2.45) is 0 Å². The Bertz CT molecular complexity index is 918. The Balaban J connectivity index is 0.000000755. The van der Waals surface area contributed by atoms with Crippen molar-refractivity contribution in [1.82, 2.24) is 19.7 Å². The molecule has 1 saturated heterocycles. The average Bonchev–Trinajstić information content (AvgIpc) is 3.15. The first kappa shape index (κ1) is 20.5. The summed E-state index contributed by atoms with van der Waals surface area (Å²) in [4.78, 5) is 15.0. The molecule has 3 heterocycles. The Hall–Kier alpha value is -3.19. The van der Waals surface area contributed by atoms with Crippen LogP contribution in [0.25, 0.3) is 11.1 Å². The molecule has 1 aromatic carbocycles. The number of piperidine rings is 1. The maximum absolute atomic E-state index is 8.36. The standard InChI is InChI=1S/C21H25N5.CH2O2/c1-16-8-11-22-14-20(16)23-21-19(17-6-4-3-5-7-17)15-26(24-21)18-9-12-25(2)13-10-18;2-1-3/h3-8,11,14-15,18H,9-10,12-13H2,1-2H3,(H,23,24);1H,(H,2,3). The molecule has 0 atom stereocenters. The summed E-state index contributed by atoms with van der Waals surface area (Å²) in [5.74, 6) is 0.895. The minimum Gasteiger partial charge on any atom is -0.483 e. The molecule has 4 rings (SSSR count). The van der Waals surface area contributed by atoms with Gasteiger partial charge in [0.25, 0.3) is 6.47 Å². The van der Waals surface area contributed by atoms with Gasteiger partial charge in [-0.05, 0) is 57.1 Å². The van der Waals surface area contributed by atoms with Gasteiger partial charge in [0.1, 0.15) is 0 Å². The van der Waals surface area contributed by atoms with Gasteiger partial charge in [-0.2, -0.15) is 5.10 Å². The first-order valence-corrected chi connectivity index (χ1v) is 9.71. The smallest absolute Gasteiger partial charge is 0.290 e. The molecule has 7 heteroatoms. The van der Waals surface area contributed by atoms with Crippen molar-refractivity contribution < 1.29 is 9.90 Å². The van der Waals surface area contributed by atoms with Crippen LogP contribution < -0.4 is 5.32 Å². The van der Waals surface area contributed by atoms with E-state index in [9.17, 15) is 0 Å². The highest BCUT2D eigenvalue weighted by molar-refractivity contribution is 5.78. The lowest BCUT2D eigenvalue weighted by molar-refractivity contribution is -0.122. The van der Waals surface area contributed by atoms with E-state index < -0.39 is 0 Å². The van der Waals surface area contributed by atoms with Crippen molar-refractivity contribution in [2.45, 2.75) is 25.8 Å². The van der Waals surface area contributed by atoms with Crippen molar-refractivity contribution in [3.8, 4) is 11.1 Å². The molecular weight excluding hydrogens is 366 g/mol. The third-order valence-electron chi connectivity index (χ3n) is 5.17. The van der Waals surface area contributed by atoms with Crippen LogP contribution in [-0.4, -0.2) is 51.4 Å². The Labute approximate surface area is 171 Å². The largest absolute Gasteiger partial charge is 0.483 e. The number of pyridine rings is 1. The topological polar surface area (TPSA) is 83.3 Å². The highest BCUT2D eigenvalue weighted by Gasteiger charge is 2.21. The second-order valence-corrected chi connectivity index (χ2v) is 7.19. The molecule has 0 unspecified atom stereocenters. The number of aromatic nitrogens is 3. The molecule has 3 aromatic rings. The number of hydrogen-bond donors (Lipinski definition) is 2. The van der Waals surface area contributed by atoms with Crippen LogP contribution in [0.2, 0.25) is 0 Å². The Morgan fingerprint density at radius 3 is 2.52 bits per heavy atom. The zero-order chi connectivity index (χ0) is 20.6. The van der Waals surface area contributed by atoms with Gasteiger partial charge in [0.15, 0.2) is 5.82 Å². The molecule has 152 valence electrons. The number of carboxylic acid groups (broad SMARTS) is 1. The van der Waals surface area contributed by atoms with Gasteiger partial charge in [0.05, 0.1) is 17.9 Å². The fourth-order valence-corrected chi connectivity index (χ4v) is 3.48. The fourth-order valence-electron chi connectivity index (χ4n) is 3.48. The minimum absolute atomic E-state index is 0.250. The molecular formula is C22H27N5O2. The number of nitrogens with one attached hydrogen (secondary N) is 1. The number of benzene rings is 1. The highest BCUT2D eigenvalue weighted by atomic mass is 16.3. The van der Waals surface area contributed by atoms with Gasteiger partial charge in [-0.25, -0.2) is 0 Å². The summed E-state index contributed by atoms with van der Waals surface area (Å²) < 4.78 is 2.16. The summed E-state index contributed by atoms with van der Waals surface area (Å²) in [6, 6.07) is 12.9. The van der Waals surface area contributed by atoms with Crippen LogP contribution in [-0.2, 0) is 4.79 Å². The van der Waals surface area contributed by atoms with E-state index >= 15 is 0 Å². The molecule has 0 radical (unpaired) electrons. The lowest BCUT2D eigenvalue weighted by atomic mass is 10.1. The average molecular weight is 393 g/mol. The van der Waals surface area contributed by atoms with Crippen LogP contribution in [0.5, 0.6) is 0 Å². The molecule has 29 heavy (non-hydrogen) atoms. The van der Waals surface area contributed by atoms with E-state index in [1.807, 2.05) is 24.5 Å². The van der Waals surface area contributed by atoms with Crippen molar-refractivity contribution in [2.75, 3.05) is 25.5 Å². The zero-order valence-corrected chi connectivity index (χ0v) is 16.8. The van der Waals surface area contributed by atoms with Crippen molar-refractivity contribution >= 4 is 18.0 Å². The van der Waals surface area contributed by atoms with E-state index in [2.05, 4.69) is 64.3 Å². The van der Waals surface area contributed by atoms with Gasteiger partial charge in [0, 0.05) is 18.0 Å². The van der Waals surface area contributed by atoms with Crippen LogP contribution in [0.3, 0.4) is 0 Å². The predicted molar refractivity (Wildman–Crippen MR) is 114 cm³/mol. The van der Waals surface area contributed by atoms with Gasteiger partial charge >= 0.3 is 0 Å². The maximum atomic E-state index is 8.36.